The summed E-state index contributed by atoms with van der Waals surface area (Å²) in [5.74, 6) is 1.97. The summed E-state index contributed by atoms with van der Waals surface area (Å²) < 4.78 is 27.9. The first-order valence-electron chi connectivity index (χ1n) is 9.87. The number of ether oxygens (including phenoxy) is 3. The van der Waals surface area contributed by atoms with Gasteiger partial charge in [-0.2, -0.15) is 0 Å². The van der Waals surface area contributed by atoms with Crippen molar-refractivity contribution < 1.29 is 27.8 Å². The lowest BCUT2D eigenvalue weighted by Gasteiger charge is -2.18. The van der Waals surface area contributed by atoms with Crippen LogP contribution >= 0.6 is 0 Å². The fourth-order valence-electron chi connectivity index (χ4n) is 3.32. The molecule has 1 N–H and O–H groups in total. The first-order chi connectivity index (χ1) is 15.2. The van der Waals surface area contributed by atoms with Crippen LogP contribution in [0.15, 0.2) is 51.3 Å². The normalized spacial score (nSPS) is 12.7. The van der Waals surface area contributed by atoms with Crippen LogP contribution in [0.2, 0.25) is 0 Å². The lowest BCUT2D eigenvalue weighted by Crippen LogP contribution is -2.15. The molecule has 0 fully saturated rings. The average molecular weight is 421 g/mol. The molecular formula is C22H19N3O6. The Bertz CT molecular complexity index is 1250. The van der Waals surface area contributed by atoms with Gasteiger partial charge in [-0.1, -0.05) is 23.3 Å². The second-order valence-electron chi connectivity index (χ2n) is 6.83. The molecule has 0 saturated carbocycles. The van der Waals surface area contributed by atoms with Crippen molar-refractivity contribution >= 4 is 22.9 Å². The van der Waals surface area contributed by atoms with Crippen molar-refractivity contribution in [1.29, 1.82) is 0 Å². The Balaban J connectivity index is 1.29. The predicted octanol–water partition coefficient (Wildman–Crippen LogP) is 3.83. The average Bonchev–Trinajstić information content (AvgIpc) is 3.41. The summed E-state index contributed by atoms with van der Waals surface area (Å²) in [6.07, 6.45) is 0.391. The molecule has 0 atom stereocenters. The molecular weight excluding hydrogens is 402 g/mol. The maximum absolute atomic E-state index is 12.6. The molecule has 31 heavy (non-hydrogen) atoms. The van der Waals surface area contributed by atoms with Crippen LogP contribution in [-0.4, -0.2) is 35.9 Å². The second-order valence-corrected chi connectivity index (χ2v) is 6.83. The Hall–Kier alpha value is -4.01. The number of amides is 1. The van der Waals surface area contributed by atoms with Gasteiger partial charge in [0.25, 0.3) is 5.91 Å². The fraction of sp³-hybridized carbons (Fsp3) is 0.227. The number of nitrogens with one attached hydrogen (secondary N) is 1. The van der Waals surface area contributed by atoms with E-state index < -0.39 is 5.91 Å². The van der Waals surface area contributed by atoms with Crippen molar-refractivity contribution in [1.82, 2.24) is 10.2 Å². The van der Waals surface area contributed by atoms with Crippen LogP contribution in [0.5, 0.6) is 17.2 Å². The molecule has 1 amide bonds. The van der Waals surface area contributed by atoms with Crippen molar-refractivity contribution in [2.45, 2.75) is 13.3 Å². The second kappa shape index (κ2) is 8.02. The van der Waals surface area contributed by atoms with E-state index in [1.54, 1.807) is 12.1 Å². The molecule has 5 rings (SSSR count). The van der Waals surface area contributed by atoms with Crippen LogP contribution < -0.4 is 19.5 Å². The van der Waals surface area contributed by atoms with E-state index in [1.807, 2.05) is 37.3 Å². The lowest BCUT2D eigenvalue weighted by molar-refractivity contribution is 0.0995. The summed E-state index contributed by atoms with van der Waals surface area (Å²) in [6.45, 7) is 3.43. The quantitative estimate of drug-likeness (QED) is 0.500. The maximum atomic E-state index is 12.6. The van der Waals surface area contributed by atoms with E-state index in [4.69, 9.17) is 23.0 Å². The zero-order chi connectivity index (χ0) is 21.2. The number of carbonyl (C=O) groups excluding carboxylic acids is 1. The molecule has 158 valence electrons. The van der Waals surface area contributed by atoms with E-state index in [0.29, 0.717) is 55.0 Å². The van der Waals surface area contributed by atoms with Crippen LogP contribution in [0.25, 0.3) is 11.0 Å². The molecule has 0 bridgehead atoms. The predicted molar refractivity (Wildman–Crippen MR) is 110 cm³/mol. The molecule has 9 heteroatoms. The van der Waals surface area contributed by atoms with Gasteiger partial charge in [0.05, 0.1) is 13.0 Å². The first kappa shape index (κ1) is 19.0. The van der Waals surface area contributed by atoms with Gasteiger partial charge >= 0.3 is 6.01 Å². The standard InChI is InChI=1S/C22H19N3O6/c1-2-27-16-5-3-4-14-12-18(30-20(14)16)21(26)23-22-25-24-19(31-22)11-13-6-7-15-17(10-13)29-9-8-28-15/h3-7,10,12H,2,8-9,11H2,1H3,(H,23,25,26). The molecule has 0 radical (unpaired) electrons. The smallest absolute Gasteiger partial charge is 0.322 e. The number of aromatic nitrogens is 2. The number of fused-ring (bicyclic) bond motifs is 2. The maximum Gasteiger partial charge on any atom is 0.322 e. The van der Waals surface area contributed by atoms with Gasteiger partial charge < -0.3 is 23.0 Å². The van der Waals surface area contributed by atoms with Crippen molar-refractivity contribution in [3.63, 3.8) is 0 Å². The van der Waals surface area contributed by atoms with Gasteiger partial charge in [0.2, 0.25) is 5.89 Å². The van der Waals surface area contributed by atoms with Gasteiger partial charge in [0.15, 0.2) is 28.6 Å². The summed E-state index contributed by atoms with van der Waals surface area (Å²) in [7, 11) is 0. The number of benzene rings is 2. The van der Waals surface area contributed by atoms with Crippen molar-refractivity contribution in [3.8, 4) is 17.2 Å². The number of para-hydroxylation sites is 1. The highest BCUT2D eigenvalue weighted by Gasteiger charge is 2.18. The number of hydrogen-bond donors (Lipinski definition) is 1. The number of nitrogens with zero attached hydrogens (tertiary/aromatic N) is 2. The number of furan rings is 1. The van der Waals surface area contributed by atoms with Gasteiger partial charge in [-0.25, -0.2) is 0 Å². The van der Waals surface area contributed by atoms with Crippen LogP contribution in [0.3, 0.4) is 0 Å². The summed E-state index contributed by atoms with van der Waals surface area (Å²) in [6, 6.07) is 12.7. The highest BCUT2D eigenvalue weighted by molar-refractivity contribution is 6.04. The monoisotopic (exact) mass is 421 g/mol. The molecule has 9 nitrogen and oxygen atoms in total. The Kier molecular flexibility index (Phi) is 4.91. The third-order valence-corrected chi connectivity index (χ3v) is 4.68. The van der Waals surface area contributed by atoms with Crippen molar-refractivity contribution in [2.75, 3.05) is 25.1 Å². The van der Waals surface area contributed by atoms with Gasteiger partial charge in [0, 0.05) is 5.39 Å². The number of hydrogen-bond acceptors (Lipinski definition) is 8. The van der Waals surface area contributed by atoms with Gasteiger partial charge in [-0.05, 0) is 36.8 Å². The molecule has 1 aliphatic rings. The topological polar surface area (TPSA) is 109 Å². The zero-order valence-electron chi connectivity index (χ0n) is 16.7. The van der Waals surface area contributed by atoms with Crippen LogP contribution in [0.1, 0.15) is 28.9 Å². The molecule has 1 aliphatic heterocycles. The minimum atomic E-state index is -0.492. The largest absolute Gasteiger partial charge is 0.490 e. The van der Waals surface area contributed by atoms with Gasteiger partial charge in [0.1, 0.15) is 13.2 Å². The molecule has 0 saturated heterocycles. The third-order valence-electron chi connectivity index (χ3n) is 4.68. The zero-order valence-corrected chi connectivity index (χ0v) is 16.7. The molecule has 2 aromatic carbocycles. The molecule has 0 aliphatic carbocycles. The van der Waals surface area contributed by atoms with Crippen molar-refractivity contribution in [3.05, 3.63) is 59.7 Å². The molecule has 4 aromatic rings. The van der Waals surface area contributed by atoms with E-state index in [2.05, 4.69) is 15.5 Å². The van der Waals surface area contributed by atoms with Crippen LogP contribution in [0, 0.1) is 0 Å². The first-order valence-corrected chi connectivity index (χ1v) is 9.87. The van der Waals surface area contributed by atoms with E-state index in [-0.39, 0.29) is 11.8 Å². The Morgan fingerprint density at radius 3 is 2.81 bits per heavy atom. The Labute approximate surface area is 176 Å². The van der Waals surface area contributed by atoms with E-state index in [1.165, 1.54) is 0 Å². The highest BCUT2D eigenvalue weighted by Crippen LogP contribution is 2.32. The number of rotatable bonds is 6. The minimum absolute atomic E-state index is 0.0111. The summed E-state index contributed by atoms with van der Waals surface area (Å²) in [5.41, 5.74) is 1.44. The number of anilines is 1. The van der Waals surface area contributed by atoms with E-state index in [0.717, 1.165) is 10.9 Å². The Morgan fingerprint density at radius 2 is 1.94 bits per heavy atom. The highest BCUT2D eigenvalue weighted by atomic mass is 16.6. The van der Waals surface area contributed by atoms with Gasteiger partial charge in [-0.3, -0.25) is 10.1 Å². The third kappa shape index (κ3) is 3.89. The molecule has 2 aromatic heterocycles. The number of carbonyl (C=O) groups is 1. The lowest BCUT2D eigenvalue weighted by atomic mass is 10.1. The molecule has 0 unspecified atom stereocenters. The fourth-order valence-corrected chi connectivity index (χ4v) is 3.32. The summed E-state index contributed by atoms with van der Waals surface area (Å²) in [4.78, 5) is 12.6. The molecule has 3 heterocycles. The summed E-state index contributed by atoms with van der Waals surface area (Å²) in [5, 5.41) is 11.2. The van der Waals surface area contributed by atoms with Crippen molar-refractivity contribution in [2.24, 2.45) is 0 Å². The molecule has 0 spiro atoms. The van der Waals surface area contributed by atoms with E-state index in [9.17, 15) is 4.79 Å². The Morgan fingerprint density at radius 1 is 1.06 bits per heavy atom. The van der Waals surface area contributed by atoms with Crippen LogP contribution in [-0.2, 0) is 6.42 Å². The summed E-state index contributed by atoms with van der Waals surface area (Å²) >= 11 is 0. The SMILES string of the molecule is CCOc1cccc2cc(C(=O)Nc3nnc(Cc4ccc5c(c4)OCCO5)o3)oc12. The van der Waals surface area contributed by atoms with Crippen LogP contribution in [0.4, 0.5) is 6.01 Å². The van der Waals surface area contributed by atoms with E-state index >= 15 is 0 Å². The minimum Gasteiger partial charge on any atom is -0.490 e. The van der Waals surface area contributed by atoms with Gasteiger partial charge in [-0.15, -0.1) is 5.10 Å².